The maximum atomic E-state index is 12.5. The smallest absolute Gasteiger partial charge is 0.336 e. The molecule has 1 heterocycles. The van der Waals surface area contributed by atoms with Gasteiger partial charge in [0.15, 0.2) is 5.78 Å². The maximum Gasteiger partial charge on any atom is 0.336 e. The highest BCUT2D eigenvalue weighted by Crippen LogP contribution is 2.48. The predicted octanol–water partition coefficient (Wildman–Crippen LogP) is 3.02. The van der Waals surface area contributed by atoms with Crippen molar-refractivity contribution in [3.05, 3.63) is 58.4 Å². The van der Waals surface area contributed by atoms with E-state index in [1.807, 2.05) is 12.1 Å². The lowest BCUT2D eigenvalue weighted by atomic mass is 9.76. The summed E-state index contributed by atoms with van der Waals surface area (Å²) in [4.78, 5) is 23.9. The maximum absolute atomic E-state index is 12.5. The fourth-order valence-electron chi connectivity index (χ4n) is 4.08. The fraction of sp³-hybridized carbons (Fsp3) is 0.333. The molecule has 0 saturated heterocycles. The van der Waals surface area contributed by atoms with Gasteiger partial charge in [0.2, 0.25) is 0 Å². The number of carbonyl (C=O) groups excluding carboxylic acids is 2. The lowest BCUT2D eigenvalue weighted by molar-refractivity contribution is -0.152. The number of allylic oxidation sites excluding steroid dienone is 1. The van der Waals surface area contributed by atoms with Crippen molar-refractivity contribution in [2.24, 2.45) is 5.92 Å². The summed E-state index contributed by atoms with van der Waals surface area (Å²) in [5.74, 6) is 2.83. The molecule has 3 aliphatic rings. The molecule has 126 valence electrons. The summed E-state index contributed by atoms with van der Waals surface area (Å²) in [6, 6.07) is 6.04. The van der Waals surface area contributed by atoms with E-state index in [9.17, 15) is 9.59 Å². The molecule has 1 fully saturated rings. The number of carbonyl (C=O) groups is 2. The molecule has 1 saturated carbocycles. The number of hydrogen-bond donors (Lipinski definition) is 0. The summed E-state index contributed by atoms with van der Waals surface area (Å²) in [7, 11) is 0. The van der Waals surface area contributed by atoms with Crippen LogP contribution in [0.2, 0.25) is 0 Å². The van der Waals surface area contributed by atoms with Crippen molar-refractivity contribution < 1.29 is 19.1 Å². The molecule has 2 aliphatic carbocycles. The zero-order chi connectivity index (χ0) is 17.6. The van der Waals surface area contributed by atoms with Gasteiger partial charge in [-0.05, 0) is 42.9 Å². The highest BCUT2D eigenvalue weighted by Gasteiger charge is 2.41. The molecule has 4 rings (SSSR count). The number of Topliss-reactive ketones (excluding diaryl/α,β-unsaturated/α-hetero) is 1. The second-order valence-corrected chi connectivity index (χ2v) is 6.73. The Morgan fingerprint density at radius 3 is 2.88 bits per heavy atom. The first kappa shape index (κ1) is 15.7. The van der Waals surface area contributed by atoms with Gasteiger partial charge in [-0.25, -0.2) is 4.79 Å². The van der Waals surface area contributed by atoms with Gasteiger partial charge >= 0.3 is 5.97 Å². The van der Waals surface area contributed by atoms with E-state index in [1.54, 1.807) is 13.0 Å². The van der Waals surface area contributed by atoms with Gasteiger partial charge in [-0.2, -0.15) is 0 Å². The summed E-state index contributed by atoms with van der Waals surface area (Å²) in [6.07, 6.45) is 10.1. The number of fused-ring (bicyclic) bond motifs is 3. The molecular weight excluding hydrogens is 316 g/mol. The second-order valence-electron chi connectivity index (χ2n) is 6.73. The number of hydrogen-bond acceptors (Lipinski definition) is 4. The van der Waals surface area contributed by atoms with Crippen LogP contribution >= 0.6 is 0 Å². The molecule has 0 aromatic heterocycles. The topological polar surface area (TPSA) is 52.6 Å². The Labute approximate surface area is 146 Å². The monoisotopic (exact) mass is 334 g/mol. The highest BCUT2D eigenvalue weighted by atomic mass is 16.7. The first-order valence-corrected chi connectivity index (χ1v) is 8.45. The molecule has 0 amide bonds. The minimum Gasteiger partial charge on any atom is -0.458 e. The second kappa shape index (κ2) is 5.93. The van der Waals surface area contributed by atoms with E-state index in [0.717, 1.165) is 18.4 Å². The third-order valence-corrected chi connectivity index (χ3v) is 5.34. The zero-order valence-corrected chi connectivity index (χ0v) is 14.0. The highest BCUT2D eigenvalue weighted by molar-refractivity contribution is 5.97. The number of esters is 1. The Kier molecular flexibility index (Phi) is 3.73. The number of cyclic esters (lactones) is 1. The molecule has 0 radical (unpaired) electrons. The first-order chi connectivity index (χ1) is 12.1. The molecule has 1 aromatic rings. The fourth-order valence-corrected chi connectivity index (χ4v) is 4.08. The third-order valence-electron chi connectivity index (χ3n) is 5.34. The Morgan fingerprint density at radius 1 is 1.32 bits per heavy atom. The van der Waals surface area contributed by atoms with Gasteiger partial charge in [0.1, 0.15) is 0 Å². The minimum absolute atomic E-state index is 0.0768. The summed E-state index contributed by atoms with van der Waals surface area (Å²) in [6.45, 7) is 1.68. The van der Waals surface area contributed by atoms with E-state index in [1.165, 1.54) is 17.4 Å². The van der Waals surface area contributed by atoms with Crippen LogP contribution in [0.3, 0.4) is 0 Å². The largest absolute Gasteiger partial charge is 0.458 e. The van der Waals surface area contributed by atoms with E-state index in [4.69, 9.17) is 15.9 Å². The van der Waals surface area contributed by atoms with Crippen molar-refractivity contribution in [1.82, 2.24) is 0 Å². The van der Waals surface area contributed by atoms with Gasteiger partial charge in [0.25, 0.3) is 6.29 Å². The van der Waals surface area contributed by atoms with Crippen LogP contribution in [0.5, 0.6) is 0 Å². The molecule has 4 heteroatoms. The van der Waals surface area contributed by atoms with Gasteiger partial charge in [0.05, 0.1) is 6.26 Å². The van der Waals surface area contributed by atoms with Gasteiger partial charge in [-0.15, -0.1) is 6.42 Å². The standard InChI is InChI=1S/C21H18O4/c1-3-13-5-4-6-14-15-7-8-19(22)18(17(15)10-16(13)14)11-24-20-9-12(2)21(23)25-20/h1,4-6,9,11,15,17,20H,7-8,10H2,2H3/b18-11+/t15-,17+,20+/m1/s1. The van der Waals surface area contributed by atoms with E-state index in [-0.39, 0.29) is 17.7 Å². The molecular formula is C21H18O4. The van der Waals surface area contributed by atoms with Crippen LogP contribution in [0.1, 0.15) is 42.4 Å². The summed E-state index contributed by atoms with van der Waals surface area (Å²) in [5.41, 5.74) is 4.51. The lowest BCUT2D eigenvalue weighted by Gasteiger charge is -2.27. The van der Waals surface area contributed by atoms with Crippen molar-refractivity contribution in [2.75, 3.05) is 0 Å². The average Bonchev–Trinajstić information content (AvgIpc) is 3.13. The third kappa shape index (κ3) is 2.56. The molecule has 3 atom stereocenters. The molecule has 0 bridgehead atoms. The lowest BCUT2D eigenvalue weighted by Crippen LogP contribution is -2.24. The van der Waals surface area contributed by atoms with Crippen molar-refractivity contribution in [3.8, 4) is 12.3 Å². The molecule has 1 aromatic carbocycles. The number of rotatable bonds is 2. The summed E-state index contributed by atoms with van der Waals surface area (Å²) < 4.78 is 10.6. The quantitative estimate of drug-likeness (QED) is 0.361. The van der Waals surface area contributed by atoms with E-state index >= 15 is 0 Å². The number of terminal acetylenes is 1. The average molecular weight is 334 g/mol. The van der Waals surface area contributed by atoms with Gasteiger partial charge in [-0.1, -0.05) is 18.1 Å². The normalized spacial score (nSPS) is 28.9. The van der Waals surface area contributed by atoms with E-state index in [0.29, 0.717) is 23.5 Å². The Hall–Kier alpha value is -2.80. The van der Waals surface area contributed by atoms with Crippen LogP contribution in [0.25, 0.3) is 0 Å². The van der Waals surface area contributed by atoms with Crippen molar-refractivity contribution in [3.63, 3.8) is 0 Å². The van der Waals surface area contributed by atoms with E-state index < -0.39 is 6.29 Å². The first-order valence-electron chi connectivity index (χ1n) is 8.45. The molecule has 0 spiro atoms. The number of benzene rings is 1. The molecule has 1 aliphatic heterocycles. The molecule has 0 N–H and O–H groups in total. The molecule has 4 nitrogen and oxygen atoms in total. The van der Waals surface area contributed by atoms with Gasteiger partial charge < -0.3 is 9.47 Å². The van der Waals surface area contributed by atoms with Crippen LogP contribution < -0.4 is 0 Å². The van der Waals surface area contributed by atoms with Crippen LogP contribution in [-0.2, 0) is 25.5 Å². The summed E-state index contributed by atoms with van der Waals surface area (Å²) in [5, 5.41) is 0. The number of ketones is 1. The Bertz CT molecular complexity index is 868. The zero-order valence-electron chi connectivity index (χ0n) is 14.0. The predicted molar refractivity (Wildman–Crippen MR) is 91.4 cm³/mol. The molecule has 0 unspecified atom stereocenters. The van der Waals surface area contributed by atoms with Gasteiger partial charge in [0, 0.05) is 35.1 Å². The van der Waals surface area contributed by atoms with Gasteiger partial charge in [-0.3, -0.25) is 4.79 Å². The van der Waals surface area contributed by atoms with E-state index in [2.05, 4.69) is 12.0 Å². The van der Waals surface area contributed by atoms with Crippen molar-refractivity contribution in [1.29, 1.82) is 0 Å². The van der Waals surface area contributed by atoms with Crippen LogP contribution in [0.4, 0.5) is 0 Å². The van der Waals surface area contributed by atoms with Crippen molar-refractivity contribution >= 4 is 11.8 Å². The Balaban J connectivity index is 1.61. The minimum atomic E-state index is -0.752. The van der Waals surface area contributed by atoms with Crippen LogP contribution in [0.15, 0.2) is 41.7 Å². The van der Waals surface area contributed by atoms with Crippen molar-refractivity contribution in [2.45, 2.75) is 38.4 Å². The Morgan fingerprint density at radius 2 is 2.16 bits per heavy atom. The van der Waals surface area contributed by atoms with Crippen LogP contribution in [0, 0.1) is 18.3 Å². The molecule has 25 heavy (non-hydrogen) atoms. The SMILES string of the molecule is C#Cc1cccc2c1C[C@@H]1/C(=C\O[C@@H]3C=C(C)C(=O)O3)C(=O)CC[C@H]21. The number of ether oxygens (including phenoxy) is 2. The summed E-state index contributed by atoms with van der Waals surface area (Å²) >= 11 is 0. The van der Waals surface area contributed by atoms with Crippen LogP contribution in [-0.4, -0.2) is 18.0 Å².